The molecule has 0 aromatic heterocycles. The maximum atomic E-state index is 12.7. The average molecular weight is 274 g/mol. The molecule has 0 spiro atoms. The van der Waals surface area contributed by atoms with E-state index in [0.717, 1.165) is 13.0 Å². The summed E-state index contributed by atoms with van der Waals surface area (Å²) in [4.78, 5) is 14.6. The number of benzene rings is 1. The third-order valence-corrected chi connectivity index (χ3v) is 4.56. The van der Waals surface area contributed by atoms with Gasteiger partial charge in [0.15, 0.2) is 0 Å². The van der Waals surface area contributed by atoms with Crippen molar-refractivity contribution in [1.29, 1.82) is 0 Å². The second kappa shape index (κ2) is 5.57. The quantitative estimate of drug-likeness (QED) is 0.899. The zero-order chi connectivity index (χ0) is 14.9. The number of rotatable bonds is 2. The number of carbonyl (C=O) groups is 1. The molecular formula is C17H26N2O. The summed E-state index contributed by atoms with van der Waals surface area (Å²) in [6.07, 6.45) is 0.788. The first-order valence-corrected chi connectivity index (χ1v) is 7.37. The fourth-order valence-corrected chi connectivity index (χ4v) is 2.65. The van der Waals surface area contributed by atoms with Crippen LogP contribution in [0, 0.1) is 5.41 Å². The van der Waals surface area contributed by atoms with Gasteiger partial charge < -0.3 is 10.2 Å². The Kier molecular flexibility index (Phi) is 4.19. The number of carbonyl (C=O) groups excluding carboxylic acids is 1. The van der Waals surface area contributed by atoms with Gasteiger partial charge in [-0.05, 0) is 29.9 Å². The van der Waals surface area contributed by atoms with Gasteiger partial charge in [-0.15, -0.1) is 0 Å². The summed E-state index contributed by atoms with van der Waals surface area (Å²) in [6, 6.07) is 8.48. The Bertz CT molecular complexity index is 490. The van der Waals surface area contributed by atoms with Crippen molar-refractivity contribution in [3.05, 3.63) is 35.4 Å². The molecule has 1 aliphatic rings. The third kappa shape index (κ3) is 3.04. The van der Waals surface area contributed by atoms with Crippen LogP contribution in [0.2, 0.25) is 0 Å². The molecule has 0 aliphatic carbocycles. The monoisotopic (exact) mass is 274 g/mol. The summed E-state index contributed by atoms with van der Waals surface area (Å²) >= 11 is 0. The molecule has 110 valence electrons. The van der Waals surface area contributed by atoms with Crippen LogP contribution in [0.4, 0.5) is 0 Å². The first kappa shape index (κ1) is 15.0. The van der Waals surface area contributed by atoms with Gasteiger partial charge in [-0.1, -0.05) is 45.0 Å². The molecule has 3 nitrogen and oxygen atoms in total. The number of likely N-dealkylation sites (N-methyl/N-ethyl adjacent to an activating group) is 1. The van der Waals surface area contributed by atoms with Crippen LogP contribution in [-0.4, -0.2) is 29.9 Å². The molecule has 1 aromatic rings. The van der Waals surface area contributed by atoms with Gasteiger partial charge in [-0.2, -0.15) is 0 Å². The van der Waals surface area contributed by atoms with Crippen molar-refractivity contribution >= 4 is 5.91 Å². The minimum Gasteiger partial charge on any atom is -0.341 e. The van der Waals surface area contributed by atoms with Gasteiger partial charge in [-0.3, -0.25) is 4.79 Å². The molecule has 0 saturated heterocycles. The maximum absolute atomic E-state index is 12.7. The smallest absolute Gasteiger partial charge is 0.240 e. The molecular weight excluding hydrogens is 248 g/mol. The Hall–Kier alpha value is -1.35. The molecule has 1 amide bonds. The molecule has 1 aromatic carbocycles. The van der Waals surface area contributed by atoms with E-state index >= 15 is 0 Å². The molecule has 0 saturated carbocycles. The van der Waals surface area contributed by atoms with Gasteiger partial charge in [-0.25, -0.2) is 0 Å². The van der Waals surface area contributed by atoms with E-state index < -0.39 is 0 Å². The Morgan fingerprint density at radius 1 is 1.30 bits per heavy atom. The van der Waals surface area contributed by atoms with Crippen molar-refractivity contribution in [1.82, 2.24) is 10.2 Å². The highest BCUT2D eigenvalue weighted by Crippen LogP contribution is 2.24. The number of hydrogen-bond donors (Lipinski definition) is 1. The van der Waals surface area contributed by atoms with E-state index in [4.69, 9.17) is 0 Å². The highest BCUT2D eigenvalue weighted by atomic mass is 16.2. The van der Waals surface area contributed by atoms with Crippen LogP contribution < -0.4 is 5.32 Å². The average Bonchev–Trinajstić information content (AvgIpc) is 2.43. The predicted molar refractivity (Wildman–Crippen MR) is 82.5 cm³/mol. The SMILES string of the molecule is CC(N(C)C(=O)[C@H]1Cc2ccccc2CN1)C(C)(C)C. The summed E-state index contributed by atoms with van der Waals surface area (Å²) < 4.78 is 0. The summed E-state index contributed by atoms with van der Waals surface area (Å²) in [6.45, 7) is 9.42. The van der Waals surface area contributed by atoms with Crippen molar-refractivity contribution in [2.75, 3.05) is 7.05 Å². The minimum atomic E-state index is -0.0975. The molecule has 2 atom stereocenters. The van der Waals surface area contributed by atoms with Gasteiger partial charge >= 0.3 is 0 Å². The van der Waals surface area contributed by atoms with E-state index in [1.807, 2.05) is 18.0 Å². The van der Waals surface area contributed by atoms with Crippen LogP contribution in [0.1, 0.15) is 38.8 Å². The lowest BCUT2D eigenvalue weighted by molar-refractivity contribution is -0.136. The van der Waals surface area contributed by atoms with Gasteiger partial charge in [0.1, 0.15) is 0 Å². The Morgan fingerprint density at radius 2 is 1.90 bits per heavy atom. The highest BCUT2D eigenvalue weighted by Gasteiger charge is 2.32. The third-order valence-electron chi connectivity index (χ3n) is 4.56. The molecule has 0 fully saturated rings. The van der Waals surface area contributed by atoms with Gasteiger partial charge in [0.05, 0.1) is 6.04 Å². The van der Waals surface area contributed by atoms with Crippen molar-refractivity contribution < 1.29 is 4.79 Å². The number of amides is 1. The number of hydrogen-bond acceptors (Lipinski definition) is 2. The van der Waals surface area contributed by atoms with Crippen LogP contribution in [0.5, 0.6) is 0 Å². The molecule has 1 heterocycles. The molecule has 1 aliphatic heterocycles. The molecule has 1 N–H and O–H groups in total. The second-order valence-corrected chi connectivity index (χ2v) is 6.90. The van der Waals surface area contributed by atoms with Crippen LogP contribution >= 0.6 is 0 Å². The van der Waals surface area contributed by atoms with Gasteiger partial charge in [0, 0.05) is 19.6 Å². The molecule has 0 bridgehead atoms. The summed E-state index contributed by atoms with van der Waals surface area (Å²) in [5.41, 5.74) is 2.70. The second-order valence-electron chi connectivity index (χ2n) is 6.90. The van der Waals surface area contributed by atoms with E-state index in [0.29, 0.717) is 0 Å². The lowest BCUT2D eigenvalue weighted by atomic mass is 9.86. The van der Waals surface area contributed by atoms with Crippen molar-refractivity contribution in [2.24, 2.45) is 5.41 Å². The molecule has 3 heteroatoms. The topological polar surface area (TPSA) is 32.3 Å². The maximum Gasteiger partial charge on any atom is 0.240 e. The van der Waals surface area contributed by atoms with E-state index in [2.05, 4.69) is 51.2 Å². The first-order chi connectivity index (χ1) is 9.30. The van der Waals surface area contributed by atoms with E-state index in [1.54, 1.807) is 0 Å². The minimum absolute atomic E-state index is 0.0942. The van der Waals surface area contributed by atoms with Crippen molar-refractivity contribution in [3.63, 3.8) is 0 Å². The van der Waals surface area contributed by atoms with Gasteiger partial charge in [0.2, 0.25) is 5.91 Å². The Labute approximate surface area is 122 Å². The summed E-state index contributed by atoms with van der Waals surface area (Å²) in [5.74, 6) is 0.196. The normalized spacial score (nSPS) is 20.1. The summed E-state index contributed by atoms with van der Waals surface area (Å²) in [5, 5.41) is 3.37. The molecule has 0 radical (unpaired) electrons. The zero-order valence-electron chi connectivity index (χ0n) is 13.2. The zero-order valence-corrected chi connectivity index (χ0v) is 13.2. The largest absolute Gasteiger partial charge is 0.341 e. The highest BCUT2D eigenvalue weighted by molar-refractivity contribution is 5.82. The van der Waals surface area contributed by atoms with Crippen LogP contribution in [0.25, 0.3) is 0 Å². The van der Waals surface area contributed by atoms with Gasteiger partial charge in [0.25, 0.3) is 0 Å². The number of nitrogens with zero attached hydrogens (tertiary/aromatic N) is 1. The lowest BCUT2D eigenvalue weighted by Crippen LogP contribution is -2.53. The molecule has 20 heavy (non-hydrogen) atoms. The fourth-order valence-electron chi connectivity index (χ4n) is 2.65. The Balaban J connectivity index is 2.08. The van der Waals surface area contributed by atoms with E-state index in [1.165, 1.54) is 11.1 Å². The number of nitrogens with one attached hydrogen (secondary N) is 1. The molecule has 1 unspecified atom stereocenters. The predicted octanol–water partition coefficient (Wildman–Crippen LogP) is 2.59. The van der Waals surface area contributed by atoms with Crippen LogP contribution in [0.15, 0.2) is 24.3 Å². The number of fused-ring (bicyclic) bond motifs is 1. The van der Waals surface area contributed by atoms with Crippen LogP contribution in [-0.2, 0) is 17.8 Å². The van der Waals surface area contributed by atoms with Crippen molar-refractivity contribution in [3.8, 4) is 0 Å². The summed E-state index contributed by atoms with van der Waals surface area (Å²) in [7, 11) is 1.92. The van der Waals surface area contributed by atoms with E-state index in [9.17, 15) is 4.79 Å². The van der Waals surface area contributed by atoms with Crippen molar-refractivity contribution in [2.45, 2.75) is 52.7 Å². The Morgan fingerprint density at radius 3 is 2.50 bits per heavy atom. The van der Waals surface area contributed by atoms with Crippen LogP contribution in [0.3, 0.4) is 0 Å². The standard InChI is InChI=1S/C17H26N2O/c1-12(17(2,3)4)19(5)16(20)15-10-13-8-6-7-9-14(13)11-18-15/h6-9,12,15,18H,10-11H2,1-5H3/t12?,15-/m1/s1. The lowest BCUT2D eigenvalue weighted by Gasteiger charge is -2.38. The molecule has 2 rings (SSSR count). The first-order valence-electron chi connectivity index (χ1n) is 7.37. The fraction of sp³-hybridized carbons (Fsp3) is 0.588. The van der Waals surface area contributed by atoms with E-state index in [-0.39, 0.29) is 23.4 Å².